The van der Waals surface area contributed by atoms with E-state index in [4.69, 9.17) is 10.3 Å². The maximum absolute atomic E-state index is 11.8. The van der Waals surface area contributed by atoms with E-state index in [1.54, 1.807) is 7.11 Å². The van der Waals surface area contributed by atoms with Gasteiger partial charge in [0, 0.05) is 48.1 Å². The van der Waals surface area contributed by atoms with E-state index < -0.39 is 29.1 Å². The second kappa shape index (κ2) is 12.6. The molecule has 4 unspecified atom stereocenters. The molecule has 1 amide bonds. The number of nitrogens with zero attached hydrogens (tertiary/aromatic N) is 5. The monoisotopic (exact) mass is 501 g/mol. The molecule has 3 aliphatic heterocycles. The number of carbonyl (C=O) groups is 1. The first kappa shape index (κ1) is 29.6. The molecule has 4 rings (SSSR count). The molecule has 200 valence electrons. The number of carbonyl (C=O) groups excluding carboxylic acids is 1. The highest BCUT2D eigenvalue weighted by molar-refractivity contribution is 5.76. The minimum absolute atomic E-state index is 0.0171. The van der Waals surface area contributed by atoms with Gasteiger partial charge in [-0.3, -0.25) is 9.69 Å². The summed E-state index contributed by atoms with van der Waals surface area (Å²) in [6, 6.07) is 5.77. The minimum atomic E-state index is -0.829. The molecule has 1 aromatic carbocycles. The Kier molecular flexibility index (Phi) is 10.4. The zero-order valence-electron chi connectivity index (χ0n) is 22.8. The average Bonchev–Trinajstić information content (AvgIpc) is 3.42. The number of fused-ring (bicyclic) bond motifs is 4. The Morgan fingerprint density at radius 3 is 2.64 bits per heavy atom. The molecular formula is C27H43N5O4. The number of hydrogen-bond donors (Lipinski definition) is 2. The third-order valence-electron chi connectivity index (χ3n) is 7.88. The van der Waals surface area contributed by atoms with Crippen LogP contribution < -0.4 is 9.64 Å². The molecule has 1 spiro atoms. The van der Waals surface area contributed by atoms with E-state index in [-0.39, 0.29) is 18.9 Å². The topological polar surface area (TPSA) is 122 Å². The third-order valence-corrected chi connectivity index (χ3v) is 7.88. The van der Waals surface area contributed by atoms with Crippen LogP contribution in [0.2, 0.25) is 0 Å². The molecule has 1 aromatic rings. The number of azide groups is 1. The molecule has 1 fully saturated rings. The van der Waals surface area contributed by atoms with Gasteiger partial charge in [-0.2, -0.15) is 0 Å². The highest BCUT2D eigenvalue weighted by Gasteiger charge is 2.65. The van der Waals surface area contributed by atoms with Crippen molar-refractivity contribution in [3.8, 4) is 5.75 Å². The lowest BCUT2D eigenvalue weighted by atomic mass is 9.59. The molecule has 1 saturated heterocycles. The summed E-state index contributed by atoms with van der Waals surface area (Å²) in [5.41, 5.74) is 9.26. The molecular weight excluding hydrogens is 458 g/mol. The first-order valence-corrected chi connectivity index (χ1v) is 13.1. The molecule has 5 atom stereocenters. The van der Waals surface area contributed by atoms with Gasteiger partial charge in [-0.25, -0.2) is 0 Å². The fourth-order valence-corrected chi connectivity index (χ4v) is 6.40. The largest absolute Gasteiger partial charge is 0.497 e. The normalized spacial score (nSPS) is 28.6. The molecule has 0 aromatic heterocycles. The molecule has 36 heavy (non-hydrogen) atoms. The highest BCUT2D eigenvalue weighted by atomic mass is 16.5. The summed E-state index contributed by atoms with van der Waals surface area (Å²) < 4.78 is 5.42. The lowest BCUT2D eigenvalue weighted by Gasteiger charge is -2.53. The van der Waals surface area contributed by atoms with Crippen molar-refractivity contribution in [1.82, 2.24) is 4.90 Å². The van der Waals surface area contributed by atoms with Crippen LogP contribution in [0.5, 0.6) is 5.75 Å². The summed E-state index contributed by atoms with van der Waals surface area (Å²) in [6.45, 7) is 11.6. The maximum Gasteiger partial charge on any atom is 0.219 e. The Bertz CT molecular complexity index is 979. The van der Waals surface area contributed by atoms with E-state index in [1.165, 1.54) is 0 Å². The second-order valence-electron chi connectivity index (χ2n) is 9.06. The van der Waals surface area contributed by atoms with Gasteiger partial charge in [0.15, 0.2) is 0 Å². The summed E-state index contributed by atoms with van der Waals surface area (Å²) in [4.78, 5) is 18.6. The number of hydrogen-bond acceptors (Lipinski definition) is 6. The SMILES string of the molecule is CC.CC.CC[C@@]1(C(O)CCC(=O)N=[N+]=[N-])C=CCN2CCC3(c4ccc(OC)cc4N(C)C3O)C21. The summed E-state index contributed by atoms with van der Waals surface area (Å²) in [5, 5.41) is 26.2. The number of ether oxygens (including phenoxy) is 1. The van der Waals surface area contributed by atoms with Gasteiger partial charge in [0.1, 0.15) is 12.0 Å². The van der Waals surface area contributed by atoms with Gasteiger partial charge in [0.25, 0.3) is 0 Å². The van der Waals surface area contributed by atoms with Crippen LogP contribution in [-0.4, -0.2) is 66.6 Å². The standard InChI is InChI=1S/C23H31N5O4.2C2H6/c1-4-22(18(29)8-9-19(30)25-26-24)10-5-12-28-13-11-23(20(22)28)16-7-6-15(32-3)14-17(16)27(2)21(23)31;2*1-2/h5-7,10,14,18,20-21,29,31H,4,8-9,11-13H2,1-3H3;2*1-2H3/t18?,20?,21?,22-,23?;;/m0../s1. The first-order valence-electron chi connectivity index (χ1n) is 13.1. The van der Waals surface area contributed by atoms with Crippen molar-refractivity contribution in [2.24, 2.45) is 10.5 Å². The second-order valence-corrected chi connectivity index (χ2v) is 9.06. The Labute approximate surface area is 215 Å². The maximum atomic E-state index is 11.8. The van der Waals surface area contributed by atoms with E-state index in [1.807, 2.05) is 64.8 Å². The fraction of sp³-hybridized carbons (Fsp3) is 0.667. The predicted octanol–water partition coefficient (Wildman–Crippen LogP) is 4.77. The molecule has 0 bridgehead atoms. The lowest BCUT2D eigenvalue weighted by molar-refractivity contribution is -0.119. The van der Waals surface area contributed by atoms with E-state index in [9.17, 15) is 15.0 Å². The number of rotatable bonds is 6. The molecule has 0 saturated carbocycles. The van der Waals surface area contributed by atoms with Crippen molar-refractivity contribution in [3.63, 3.8) is 0 Å². The van der Waals surface area contributed by atoms with Crippen LogP contribution in [0, 0.1) is 5.41 Å². The number of anilines is 1. The fourth-order valence-electron chi connectivity index (χ4n) is 6.40. The molecule has 9 heteroatoms. The van der Waals surface area contributed by atoms with Crippen molar-refractivity contribution in [1.29, 1.82) is 0 Å². The van der Waals surface area contributed by atoms with Crippen LogP contribution in [0.4, 0.5) is 5.69 Å². The smallest absolute Gasteiger partial charge is 0.219 e. The molecule has 9 nitrogen and oxygen atoms in total. The summed E-state index contributed by atoms with van der Waals surface area (Å²) >= 11 is 0. The van der Waals surface area contributed by atoms with Gasteiger partial charge < -0.3 is 19.8 Å². The molecule has 2 N–H and O–H groups in total. The third kappa shape index (κ3) is 4.73. The summed E-state index contributed by atoms with van der Waals surface area (Å²) in [6.07, 6.45) is 4.16. The zero-order chi connectivity index (χ0) is 27.1. The van der Waals surface area contributed by atoms with Crippen LogP contribution in [0.15, 0.2) is 35.5 Å². The van der Waals surface area contributed by atoms with Gasteiger partial charge >= 0.3 is 0 Å². The minimum Gasteiger partial charge on any atom is -0.497 e. The Hall–Kier alpha value is -2.58. The van der Waals surface area contributed by atoms with E-state index >= 15 is 0 Å². The number of methoxy groups -OCH3 is 1. The molecule has 0 radical (unpaired) electrons. The van der Waals surface area contributed by atoms with Crippen LogP contribution >= 0.6 is 0 Å². The van der Waals surface area contributed by atoms with Gasteiger partial charge in [-0.05, 0) is 48.1 Å². The van der Waals surface area contributed by atoms with E-state index in [0.717, 1.165) is 36.5 Å². The highest BCUT2D eigenvalue weighted by Crippen LogP contribution is 2.60. The van der Waals surface area contributed by atoms with Crippen molar-refractivity contribution in [2.45, 2.75) is 84.1 Å². The van der Waals surface area contributed by atoms with Crippen LogP contribution in [0.3, 0.4) is 0 Å². The van der Waals surface area contributed by atoms with Crippen LogP contribution in [-0.2, 0) is 10.2 Å². The lowest BCUT2D eigenvalue weighted by Crippen LogP contribution is -2.62. The Balaban J connectivity index is 0.00000109. The van der Waals surface area contributed by atoms with Crippen molar-refractivity contribution >= 4 is 11.6 Å². The number of aliphatic hydroxyl groups excluding tert-OH is 2. The summed E-state index contributed by atoms with van der Waals surface area (Å²) in [7, 11) is 3.52. The van der Waals surface area contributed by atoms with Gasteiger partial charge in [0.2, 0.25) is 5.91 Å². The number of likely N-dealkylation sites (N-methyl/N-ethyl adjacent to an activating group) is 1. The molecule has 3 heterocycles. The van der Waals surface area contributed by atoms with Crippen LogP contribution in [0.25, 0.3) is 10.4 Å². The zero-order valence-corrected chi connectivity index (χ0v) is 22.8. The Morgan fingerprint density at radius 1 is 1.33 bits per heavy atom. The van der Waals surface area contributed by atoms with E-state index in [0.29, 0.717) is 6.42 Å². The molecule has 3 aliphatic rings. The summed E-state index contributed by atoms with van der Waals surface area (Å²) in [5.74, 6) is 0.158. The number of amides is 1. The van der Waals surface area contributed by atoms with E-state index in [2.05, 4.69) is 27.1 Å². The number of benzene rings is 1. The quantitative estimate of drug-likeness (QED) is 0.251. The Morgan fingerprint density at radius 2 is 2.03 bits per heavy atom. The van der Waals surface area contributed by atoms with Gasteiger partial charge in [0.05, 0.1) is 18.6 Å². The average molecular weight is 502 g/mol. The van der Waals surface area contributed by atoms with Gasteiger partial charge in [-0.1, -0.05) is 52.8 Å². The van der Waals surface area contributed by atoms with Crippen molar-refractivity contribution < 1.29 is 19.7 Å². The first-order chi connectivity index (χ1) is 17.4. The van der Waals surface area contributed by atoms with Gasteiger partial charge in [-0.15, -0.1) is 0 Å². The van der Waals surface area contributed by atoms with Crippen LogP contribution in [0.1, 0.15) is 65.9 Å². The van der Waals surface area contributed by atoms with Crippen molar-refractivity contribution in [3.05, 3.63) is 46.4 Å². The predicted molar refractivity (Wildman–Crippen MR) is 143 cm³/mol. The van der Waals surface area contributed by atoms with Crippen molar-refractivity contribution in [2.75, 3.05) is 32.1 Å². The number of aliphatic hydroxyl groups is 2. The molecule has 0 aliphatic carbocycles.